The minimum atomic E-state index is 0.0634. The summed E-state index contributed by atoms with van der Waals surface area (Å²) in [4.78, 5) is 14.1. The summed E-state index contributed by atoms with van der Waals surface area (Å²) in [6.07, 6.45) is 1.96. The molecule has 98 valence electrons. The molecule has 2 rings (SSSR count). The van der Waals surface area contributed by atoms with E-state index in [1.165, 1.54) is 0 Å². The molecule has 0 saturated carbocycles. The molecule has 1 unspecified atom stereocenters. The number of carbonyl (C=O) groups is 1. The smallest absolute Gasteiger partial charge is 0.225 e. The molecule has 5 heteroatoms. The normalized spacial score (nSPS) is 26.7. The van der Waals surface area contributed by atoms with Crippen LogP contribution >= 0.6 is 0 Å². The summed E-state index contributed by atoms with van der Waals surface area (Å²) in [5.74, 6) is 0.214. The van der Waals surface area contributed by atoms with Crippen molar-refractivity contribution in [3.63, 3.8) is 0 Å². The maximum atomic E-state index is 11.8. The summed E-state index contributed by atoms with van der Waals surface area (Å²) >= 11 is 0. The van der Waals surface area contributed by atoms with Gasteiger partial charge >= 0.3 is 0 Å². The average Bonchev–Trinajstić information content (AvgIpc) is 2.41. The van der Waals surface area contributed by atoms with E-state index in [0.29, 0.717) is 6.61 Å². The van der Waals surface area contributed by atoms with Gasteiger partial charge in [0.1, 0.15) is 0 Å². The van der Waals surface area contributed by atoms with Crippen molar-refractivity contribution in [3.05, 3.63) is 0 Å². The van der Waals surface area contributed by atoms with Gasteiger partial charge in [0.2, 0.25) is 5.91 Å². The lowest BCUT2D eigenvalue weighted by Gasteiger charge is -2.27. The monoisotopic (exact) mass is 242 g/mol. The third-order valence-electron chi connectivity index (χ3n) is 3.36. The van der Waals surface area contributed by atoms with E-state index in [2.05, 4.69) is 10.2 Å². The van der Waals surface area contributed by atoms with E-state index < -0.39 is 0 Å². The lowest BCUT2D eigenvalue weighted by molar-refractivity contribution is -0.129. The van der Waals surface area contributed by atoms with Crippen LogP contribution in [0.5, 0.6) is 0 Å². The van der Waals surface area contributed by atoms with Crippen LogP contribution in [0.4, 0.5) is 0 Å². The topological polar surface area (TPSA) is 50.8 Å². The third kappa shape index (κ3) is 4.26. The molecule has 1 N–H and O–H groups in total. The predicted molar refractivity (Wildman–Crippen MR) is 63.8 cm³/mol. The summed E-state index contributed by atoms with van der Waals surface area (Å²) in [6.45, 7) is 6.61. The maximum Gasteiger partial charge on any atom is 0.225 e. The van der Waals surface area contributed by atoms with Gasteiger partial charge in [0.05, 0.1) is 25.7 Å². The Balaban J connectivity index is 1.58. The molecule has 2 aliphatic rings. The Kier molecular flexibility index (Phi) is 5.22. The first-order chi connectivity index (χ1) is 8.36. The highest BCUT2D eigenvalue weighted by Gasteiger charge is 2.21. The molecule has 0 aliphatic carbocycles. The zero-order valence-electron chi connectivity index (χ0n) is 10.3. The molecule has 0 bridgehead atoms. The van der Waals surface area contributed by atoms with Gasteiger partial charge in [-0.05, 0) is 12.8 Å². The number of rotatable bonds is 4. The Hall–Kier alpha value is -0.650. The van der Waals surface area contributed by atoms with Gasteiger partial charge in [-0.2, -0.15) is 0 Å². The van der Waals surface area contributed by atoms with Crippen LogP contribution in [0.1, 0.15) is 12.8 Å². The van der Waals surface area contributed by atoms with E-state index in [9.17, 15) is 4.79 Å². The summed E-state index contributed by atoms with van der Waals surface area (Å²) in [7, 11) is 0. The second kappa shape index (κ2) is 6.93. The van der Waals surface area contributed by atoms with Crippen molar-refractivity contribution in [2.75, 3.05) is 52.6 Å². The largest absolute Gasteiger partial charge is 0.381 e. The number of hydrogen-bond acceptors (Lipinski definition) is 4. The van der Waals surface area contributed by atoms with Crippen LogP contribution in [0.25, 0.3) is 0 Å². The molecule has 0 aromatic heterocycles. The highest BCUT2D eigenvalue weighted by molar-refractivity contribution is 5.78. The predicted octanol–water partition coefficient (Wildman–Crippen LogP) is -0.139. The van der Waals surface area contributed by atoms with Crippen LogP contribution in [0, 0.1) is 5.92 Å². The fourth-order valence-corrected chi connectivity index (χ4v) is 2.25. The van der Waals surface area contributed by atoms with Gasteiger partial charge in [0.25, 0.3) is 0 Å². The van der Waals surface area contributed by atoms with Crippen molar-refractivity contribution in [2.45, 2.75) is 12.8 Å². The number of nitrogens with zero attached hydrogens (tertiary/aromatic N) is 1. The van der Waals surface area contributed by atoms with Crippen LogP contribution in [0.3, 0.4) is 0 Å². The van der Waals surface area contributed by atoms with Gasteiger partial charge < -0.3 is 14.8 Å². The van der Waals surface area contributed by atoms with E-state index in [0.717, 1.165) is 58.8 Å². The first-order valence-electron chi connectivity index (χ1n) is 6.52. The van der Waals surface area contributed by atoms with Gasteiger partial charge in [0, 0.05) is 32.8 Å². The molecule has 1 amide bonds. The number of amides is 1. The second-order valence-electron chi connectivity index (χ2n) is 4.66. The van der Waals surface area contributed by atoms with Gasteiger partial charge in [-0.3, -0.25) is 9.69 Å². The van der Waals surface area contributed by atoms with Crippen LogP contribution < -0.4 is 5.32 Å². The molecule has 1 atom stereocenters. The van der Waals surface area contributed by atoms with Gasteiger partial charge in [-0.15, -0.1) is 0 Å². The van der Waals surface area contributed by atoms with E-state index in [4.69, 9.17) is 9.47 Å². The molecule has 2 saturated heterocycles. The second-order valence-corrected chi connectivity index (χ2v) is 4.66. The van der Waals surface area contributed by atoms with E-state index >= 15 is 0 Å². The Morgan fingerprint density at radius 1 is 1.24 bits per heavy atom. The van der Waals surface area contributed by atoms with E-state index in [1.54, 1.807) is 0 Å². The molecular formula is C12H22N2O3. The molecule has 17 heavy (non-hydrogen) atoms. The Morgan fingerprint density at radius 3 is 2.76 bits per heavy atom. The van der Waals surface area contributed by atoms with Crippen molar-refractivity contribution < 1.29 is 14.3 Å². The molecule has 5 nitrogen and oxygen atoms in total. The summed E-state index contributed by atoms with van der Waals surface area (Å²) in [6, 6.07) is 0. The fourth-order valence-electron chi connectivity index (χ4n) is 2.25. The van der Waals surface area contributed by atoms with Crippen molar-refractivity contribution in [2.24, 2.45) is 5.92 Å². The van der Waals surface area contributed by atoms with Crippen molar-refractivity contribution in [1.82, 2.24) is 10.2 Å². The van der Waals surface area contributed by atoms with Crippen molar-refractivity contribution >= 4 is 5.91 Å². The van der Waals surface area contributed by atoms with Crippen LogP contribution in [-0.4, -0.2) is 63.4 Å². The third-order valence-corrected chi connectivity index (χ3v) is 3.36. The molecule has 0 radical (unpaired) electrons. The number of hydrogen-bond donors (Lipinski definition) is 1. The van der Waals surface area contributed by atoms with Gasteiger partial charge in [-0.1, -0.05) is 0 Å². The summed E-state index contributed by atoms with van der Waals surface area (Å²) in [5.41, 5.74) is 0. The fraction of sp³-hybridized carbons (Fsp3) is 0.917. The molecule has 2 aliphatic heterocycles. The zero-order chi connectivity index (χ0) is 11.9. The maximum absolute atomic E-state index is 11.8. The lowest BCUT2D eigenvalue weighted by Crippen LogP contribution is -2.43. The number of nitrogens with one attached hydrogen (secondary N) is 1. The van der Waals surface area contributed by atoms with E-state index in [1.807, 2.05) is 0 Å². The highest BCUT2D eigenvalue weighted by atomic mass is 16.5. The zero-order valence-corrected chi connectivity index (χ0v) is 10.3. The SMILES string of the molecule is O=C(NCCN1CCOCC1)C1CCCOC1. The van der Waals surface area contributed by atoms with Crippen LogP contribution in [-0.2, 0) is 14.3 Å². The minimum absolute atomic E-state index is 0.0634. The number of morpholine rings is 1. The van der Waals surface area contributed by atoms with E-state index in [-0.39, 0.29) is 11.8 Å². The average molecular weight is 242 g/mol. The first kappa shape index (κ1) is 12.8. The Labute approximate surface area is 102 Å². The van der Waals surface area contributed by atoms with Crippen molar-refractivity contribution in [1.29, 1.82) is 0 Å². The summed E-state index contributed by atoms with van der Waals surface area (Å²) in [5, 5.41) is 3.00. The first-order valence-corrected chi connectivity index (χ1v) is 6.52. The Bertz CT molecular complexity index is 236. The number of ether oxygens (including phenoxy) is 2. The molecular weight excluding hydrogens is 220 g/mol. The highest BCUT2D eigenvalue weighted by Crippen LogP contribution is 2.13. The van der Waals surface area contributed by atoms with Gasteiger partial charge in [0.15, 0.2) is 0 Å². The van der Waals surface area contributed by atoms with Crippen LogP contribution in [0.2, 0.25) is 0 Å². The Morgan fingerprint density at radius 2 is 2.06 bits per heavy atom. The van der Waals surface area contributed by atoms with Crippen molar-refractivity contribution in [3.8, 4) is 0 Å². The lowest BCUT2D eigenvalue weighted by atomic mass is 10.0. The van der Waals surface area contributed by atoms with Crippen LogP contribution in [0.15, 0.2) is 0 Å². The quantitative estimate of drug-likeness (QED) is 0.745. The molecule has 2 heterocycles. The molecule has 0 spiro atoms. The molecule has 2 fully saturated rings. The standard InChI is InChI=1S/C12H22N2O3/c15-12(11-2-1-7-17-10-11)13-3-4-14-5-8-16-9-6-14/h11H,1-10H2,(H,13,15). The number of carbonyl (C=O) groups excluding carboxylic acids is 1. The molecule has 0 aromatic rings. The summed E-state index contributed by atoms with van der Waals surface area (Å²) < 4.78 is 10.6. The molecule has 0 aromatic carbocycles. The minimum Gasteiger partial charge on any atom is -0.381 e. The van der Waals surface area contributed by atoms with Gasteiger partial charge in [-0.25, -0.2) is 0 Å².